The summed E-state index contributed by atoms with van der Waals surface area (Å²) in [6.07, 6.45) is 9.87. The molecular weight excluding hydrogens is 556 g/mol. The summed E-state index contributed by atoms with van der Waals surface area (Å²) in [6.45, 7) is 3.79. The van der Waals surface area contributed by atoms with Gasteiger partial charge in [0, 0.05) is 34.0 Å². The monoisotopic (exact) mass is 590 g/mol. The number of allylic oxidation sites excluding steroid dienone is 4. The fourth-order valence-electron chi connectivity index (χ4n) is 6.03. The van der Waals surface area contributed by atoms with Crippen molar-refractivity contribution in [3.63, 3.8) is 0 Å². The van der Waals surface area contributed by atoms with Gasteiger partial charge in [0.25, 0.3) is 0 Å². The molecule has 220 valence electrons. The second-order valence-electron chi connectivity index (χ2n) is 11.1. The van der Waals surface area contributed by atoms with E-state index in [9.17, 15) is 0 Å². The zero-order valence-corrected chi connectivity index (χ0v) is 25.6. The second-order valence-corrected chi connectivity index (χ2v) is 11.1. The highest BCUT2D eigenvalue weighted by Crippen LogP contribution is 2.40. The van der Waals surface area contributed by atoms with Gasteiger partial charge in [0.15, 0.2) is 0 Å². The molecule has 0 fully saturated rings. The Bertz CT molecular complexity index is 2150. The molecule has 0 bridgehead atoms. The van der Waals surface area contributed by atoms with Gasteiger partial charge in [-0.3, -0.25) is 0 Å². The number of rotatable bonds is 9. The predicted octanol–water partition coefficient (Wildman–Crippen LogP) is 12.5. The first kappa shape index (κ1) is 28.6. The zero-order valence-electron chi connectivity index (χ0n) is 25.6. The molecule has 0 spiro atoms. The molecule has 0 aliphatic rings. The lowest BCUT2D eigenvalue weighted by molar-refractivity contribution is 1.29. The van der Waals surface area contributed by atoms with Crippen LogP contribution in [0.1, 0.15) is 0 Å². The quantitative estimate of drug-likeness (QED) is 0.154. The molecule has 0 aliphatic heterocycles. The topological polar surface area (TPSA) is 6.48 Å². The smallest absolute Gasteiger partial charge is 0.0540 e. The summed E-state index contributed by atoms with van der Waals surface area (Å²) < 4.78 is 0. The van der Waals surface area contributed by atoms with E-state index in [0.29, 0.717) is 0 Å². The van der Waals surface area contributed by atoms with E-state index < -0.39 is 0 Å². The molecule has 46 heavy (non-hydrogen) atoms. The first-order valence-electron chi connectivity index (χ1n) is 15.6. The van der Waals surface area contributed by atoms with Gasteiger partial charge < -0.3 is 9.80 Å². The molecule has 7 aromatic carbocycles. The summed E-state index contributed by atoms with van der Waals surface area (Å²) in [5.74, 6) is 0. The summed E-state index contributed by atoms with van der Waals surface area (Å²) >= 11 is 0. The Balaban J connectivity index is 1.23. The molecule has 0 saturated carbocycles. The lowest BCUT2D eigenvalue weighted by Gasteiger charge is -2.27. The first-order chi connectivity index (χ1) is 22.8. The van der Waals surface area contributed by atoms with E-state index in [1.165, 1.54) is 32.7 Å². The van der Waals surface area contributed by atoms with Crippen molar-refractivity contribution in [3.05, 3.63) is 201 Å². The van der Waals surface area contributed by atoms with Crippen molar-refractivity contribution in [2.45, 2.75) is 0 Å². The second kappa shape index (κ2) is 13.3. The van der Waals surface area contributed by atoms with Crippen molar-refractivity contribution in [2.24, 2.45) is 0 Å². The minimum absolute atomic E-state index is 1.09. The van der Waals surface area contributed by atoms with Crippen LogP contribution in [0.3, 0.4) is 0 Å². The number of benzene rings is 7. The minimum atomic E-state index is 1.09. The fraction of sp³-hybridized carbons (Fsp3) is 0. The van der Waals surface area contributed by atoms with Gasteiger partial charge in [0.1, 0.15) is 0 Å². The van der Waals surface area contributed by atoms with E-state index in [1.54, 1.807) is 6.08 Å². The Labute approximate surface area is 271 Å². The van der Waals surface area contributed by atoms with Crippen molar-refractivity contribution in [1.29, 1.82) is 0 Å². The molecule has 2 heteroatoms. The minimum Gasteiger partial charge on any atom is -0.317 e. The van der Waals surface area contributed by atoms with Crippen LogP contribution in [-0.4, -0.2) is 0 Å². The number of fused-ring (bicyclic) bond motifs is 2. The predicted molar refractivity (Wildman–Crippen MR) is 199 cm³/mol. The van der Waals surface area contributed by atoms with Crippen LogP contribution in [0.5, 0.6) is 0 Å². The average molecular weight is 591 g/mol. The maximum absolute atomic E-state index is 3.79. The van der Waals surface area contributed by atoms with Crippen LogP contribution in [-0.2, 0) is 0 Å². The van der Waals surface area contributed by atoms with Crippen LogP contribution in [0.25, 0.3) is 32.7 Å². The van der Waals surface area contributed by atoms with Gasteiger partial charge >= 0.3 is 0 Å². The molecule has 0 amide bonds. The van der Waals surface area contributed by atoms with E-state index in [0.717, 1.165) is 28.4 Å². The molecular formula is C44H34N2. The molecule has 0 aromatic heterocycles. The molecule has 0 radical (unpaired) electrons. The van der Waals surface area contributed by atoms with E-state index >= 15 is 0 Å². The number of hydrogen-bond donors (Lipinski definition) is 0. The van der Waals surface area contributed by atoms with Gasteiger partial charge in [-0.1, -0.05) is 140 Å². The molecule has 7 aromatic rings. The summed E-state index contributed by atoms with van der Waals surface area (Å²) in [5, 5.41) is 4.86. The third kappa shape index (κ3) is 5.85. The summed E-state index contributed by atoms with van der Waals surface area (Å²) in [5.41, 5.74) is 7.95. The Hall–Kier alpha value is -6.12. The zero-order chi connectivity index (χ0) is 31.1. The summed E-state index contributed by atoms with van der Waals surface area (Å²) in [7, 11) is 0. The highest BCUT2D eigenvalue weighted by molar-refractivity contribution is 5.99. The van der Waals surface area contributed by atoms with Gasteiger partial charge in [-0.2, -0.15) is 0 Å². The van der Waals surface area contributed by atoms with Crippen molar-refractivity contribution in [1.82, 2.24) is 0 Å². The van der Waals surface area contributed by atoms with Gasteiger partial charge in [-0.25, -0.2) is 0 Å². The maximum Gasteiger partial charge on any atom is 0.0540 e. The van der Waals surface area contributed by atoms with Crippen molar-refractivity contribution in [2.75, 3.05) is 9.80 Å². The molecule has 0 N–H and O–H groups in total. The van der Waals surface area contributed by atoms with E-state index in [1.807, 2.05) is 18.2 Å². The molecule has 0 unspecified atom stereocenters. The maximum atomic E-state index is 3.79. The summed E-state index contributed by atoms with van der Waals surface area (Å²) in [4.78, 5) is 4.58. The SMILES string of the molecule is C=C/C=C\C=C/N(c1ccc(-c2ccc(N(c3ccccc3)c3cccc4ccccc34)cc2)cc1)c1cccc2ccccc12. The molecule has 0 atom stereocenters. The summed E-state index contributed by atoms with van der Waals surface area (Å²) in [6, 6.07) is 58.3. The van der Waals surface area contributed by atoms with E-state index in [-0.39, 0.29) is 0 Å². The van der Waals surface area contributed by atoms with Gasteiger partial charge in [-0.05, 0) is 76.5 Å². The van der Waals surface area contributed by atoms with E-state index in [4.69, 9.17) is 0 Å². The standard InChI is InChI=1S/C44H34N2/c1-2-3-4-12-33-45(43-23-13-17-36-15-8-10-21-41(36)43)38-29-25-34(26-30-38)35-27-31-40(32-28-35)46(39-19-6-5-7-20-39)44-24-14-18-37-16-9-11-22-42(37)44/h2-33H,1H2/b4-3-,33-12-. The lowest BCUT2D eigenvalue weighted by Crippen LogP contribution is -2.10. The largest absolute Gasteiger partial charge is 0.317 e. The Kier molecular flexibility index (Phi) is 8.25. The molecule has 7 rings (SSSR count). The van der Waals surface area contributed by atoms with Crippen molar-refractivity contribution < 1.29 is 0 Å². The van der Waals surface area contributed by atoms with Gasteiger partial charge in [-0.15, -0.1) is 0 Å². The number of hydrogen-bond acceptors (Lipinski definition) is 2. The van der Waals surface area contributed by atoms with Crippen LogP contribution in [0, 0.1) is 0 Å². The highest BCUT2D eigenvalue weighted by Gasteiger charge is 2.15. The van der Waals surface area contributed by atoms with Gasteiger partial charge in [0.2, 0.25) is 0 Å². The van der Waals surface area contributed by atoms with Crippen molar-refractivity contribution >= 4 is 50.0 Å². The third-order valence-electron chi connectivity index (χ3n) is 8.25. The van der Waals surface area contributed by atoms with E-state index in [2.05, 4.69) is 186 Å². The molecule has 0 saturated heterocycles. The van der Waals surface area contributed by atoms with Gasteiger partial charge in [0.05, 0.1) is 11.4 Å². The Morgan fingerprint density at radius 2 is 0.891 bits per heavy atom. The first-order valence-corrected chi connectivity index (χ1v) is 15.6. The fourth-order valence-corrected chi connectivity index (χ4v) is 6.03. The van der Waals surface area contributed by atoms with Crippen LogP contribution in [0.4, 0.5) is 28.4 Å². The lowest BCUT2D eigenvalue weighted by atomic mass is 10.0. The van der Waals surface area contributed by atoms with Crippen LogP contribution < -0.4 is 9.80 Å². The van der Waals surface area contributed by atoms with Crippen molar-refractivity contribution in [3.8, 4) is 11.1 Å². The molecule has 2 nitrogen and oxygen atoms in total. The Morgan fingerprint density at radius 3 is 1.52 bits per heavy atom. The highest BCUT2D eigenvalue weighted by atomic mass is 15.1. The number of anilines is 5. The van der Waals surface area contributed by atoms with Crippen LogP contribution in [0.15, 0.2) is 201 Å². The Morgan fingerprint density at radius 1 is 0.391 bits per heavy atom. The third-order valence-corrected chi connectivity index (χ3v) is 8.25. The molecule has 0 heterocycles. The average Bonchev–Trinajstić information content (AvgIpc) is 3.13. The normalized spacial score (nSPS) is 11.4. The van der Waals surface area contributed by atoms with Crippen LogP contribution >= 0.6 is 0 Å². The number of nitrogens with zero attached hydrogens (tertiary/aromatic N) is 2. The number of para-hydroxylation sites is 1. The van der Waals surface area contributed by atoms with Crippen LogP contribution in [0.2, 0.25) is 0 Å². The molecule has 0 aliphatic carbocycles.